The van der Waals surface area contributed by atoms with Crippen molar-refractivity contribution in [1.29, 1.82) is 0 Å². The van der Waals surface area contributed by atoms with Gasteiger partial charge in [-0.1, -0.05) is 0 Å². The van der Waals surface area contributed by atoms with Crippen molar-refractivity contribution in [3.05, 3.63) is 29.8 Å². The summed E-state index contributed by atoms with van der Waals surface area (Å²) >= 11 is 0. The van der Waals surface area contributed by atoms with Crippen LogP contribution >= 0.6 is 0 Å². The highest BCUT2D eigenvalue weighted by molar-refractivity contribution is 5.77. The molecule has 8 heteroatoms. The van der Waals surface area contributed by atoms with Crippen LogP contribution in [0.1, 0.15) is 0 Å². The van der Waals surface area contributed by atoms with E-state index in [0.717, 1.165) is 12.1 Å². The van der Waals surface area contributed by atoms with E-state index in [9.17, 15) is 18.4 Å². The zero-order valence-electron chi connectivity index (χ0n) is 11.1. The number of nitrogens with zero attached hydrogens (tertiary/aromatic N) is 1. The summed E-state index contributed by atoms with van der Waals surface area (Å²) < 4.78 is 35.6. The van der Waals surface area contributed by atoms with Crippen LogP contribution in [0.4, 0.5) is 13.6 Å². The molecule has 1 aromatic carbocycles. The highest BCUT2D eigenvalue weighted by atomic mass is 19.1. The van der Waals surface area contributed by atoms with Gasteiger partial charge in [-0.15, -0.1) is 0 Å². The van der Waals surface area contributed by atoms with Gasteiger partial charge in [-0.05, 0) is 12.1 Å². The molecule has 114 valence electrons. The number of rotatable bonds is 6. The number of amides is 2. The maximum Gasteiger partial charge on any atom is 0.409 e. The van der Waals surface area contributed by atoms with Crippen molar-refractivity contribution >= 4 is 12.0 Å². The van der Waals surface area contributed by atoms with E-state index in [2.05, 4.69) is 5.32 Å². The topological polar surface area (TPSA) is 67.9 Å². The van der Waals surface area contributed by atoms with Gasteiger partial charge in [0.1, 0.15) is 12.4 Å². The van der Waals surface area contributed by atoms with Crippen molar-refractivity contribution in [2.24, 2.45) is 0 Å². The third-order valence-electron chi connectivity index (χ3n) is 2.80. The molecule has 1 aliphatic rings. The first-order chi connectivity index (χ1) is 10.1. The number of carbonyl (C=O) groups excluding carboxylic acids is 2. The number of benzene rings is 1. The molecule has 0 unspecified atom stereocenters. The summed E-state index contributed by atoms with van der Waals surface area (Å²) in [7, 11) is 0. The van der Waals surface area contributed by atoms with E-state index in [1.807, 2.05) is 0 Å². The van der Waals surface area contributed by atoms with Crippen LogP contribution in [0.2, 0.25) is 0 Å². The van der Waals surface area contributed by atoms with Crippen LogP contribution in [-0.4, -0.2) is 49.7 Å². The van der Waals surface area contributed by atoms with Crippen molar-refractivity contribution in [1.82, 2.24) is 10.2 Å². The molecule has 0 bridgehead atoms. The number of hydrogen-bond donors (Lipinski definition) is 1. The van der Waals surface area contributed by atoms with Crippen LogP contribution in [0.15, 0.2) is 18.2 Å². The van der Waals surface area contributed by atoms with E-state index < -0.39 is 30.2 Å². The molecular formula is C13H14F2N2O4. The first kappa shape index (κ1) is 15.0. The van der Waals surface area contributed by atoms with E-state index in [4.69, 9.17) is 9.47 Å². The smallest absolute Gasteiger partial charge is 0.409 e. The van der Waals surface area contributed by atoms with Crippen molar-refractivity contribution in [3.8, 4) is 5.75 Å². The third kappa shape index (κ3) is 4.30. The lowest BCUT2D eigenvalue weighted by Gasteiger charge is -2.13. The maximum absolute atomic E-state index is 13.2. The number of halogens is 2. The standard InChI is InChI=1S/C13H14F2N2O4/c14-9-1-2-11(10(15)7-9)21-8-12(18)16-3-4-17-5-6-20-13(17)19/h1-2,7H,3-6,8H2,(H,16,18). The Bertz CT molecular complexity index is 539. The molecule has 2 amide bonds. The fourth-order valence-corrected chi connectivity index (χ4v) is 1.75. The molecular weight excluding hydrogens is 286 g/mol. The van der Waals surface area contributed by atoms with Crippen molar-refractivity contribution in [2.45, 2.75) is 0 Å². The highest BCUT2D eigenvalue weighted by Gasteiger charge is 2.21. The van der Waals surface area contributed by atoms with E-state index in [-0.39, 0.29) is 12.3 Å². The molecule has 21 heavy (non-hydrogen) atoms. The predicted octanol–water partition coefficient (Wildman–Crippen LogP) is 0.912. The molecule has 1 N–H and O–H groups in total. The average Bonchev–Trinajstić information content (AvgIpc) is 2.83. The van der Waals surface area contributed by atoms with Gasteiger partial charge in [0.05, 0.1) is 6.54 Å². The molecule has 0 aliphatic carbocycles. The summed E-state index contributed by atoms with van der Waals surface area (Å²) in [5, 5.41) is 2.52. The molecule has 1 aliphatic heterocycles. The number of carbonyl (C=O) groups is 2. The fraction of sp³-hybridized carbons (Fsp3) is 0.385. The molecule has 0 atom stereocenters. The van der Waals surface area contributed by atoms with Gasteiger partial charge < -0.3 is 19.7 Å². The average molecular weight is 300 g/mol. The predicted molar refractivity (Wildman–Crippen MR) is 67.8 cm³/mol. The minimum Gasteiger partial charge on any atom is -0.481 e. The van der Waals surface area contributed by atoms with Gasteiger partial charge in [0.15, 0.2) is 18.2 Å². The molecule has 1 saturated heterocycles. The van der Waals surface area contributed by atoms with Crippen LogP contribution in [0.3, 0.4) is 0 Å². The Morgan fingerprint density at radius 1 is 1.43 bits per heavy atom. The minimum atomic E-state index is -0.873. The van der Waals surface area contributed by atoms with E-state index >= 15 is 0 Å². The molecule has 1 heterocycles. The minimum absolute atomic E-state index is 0.199. The molecule has 0 spiro atoms. The van der Waals surface area contributed by atoms with E-state index in [0.29, 0.717) is 25.8 Å². The maximum atomic E-state index is 13.2. The lowest BCUT2D eigenvalue weighted by Crippen LogP contribution is -2.37. The van der Waals surface area contributed by atoms with E-state index in [1.54, 1.807) is 0 Å². The number of hydrogen-bond acceptors (Lipinski definition) is 4. The van der Waals surface area contributed by atoms with Gasteiger partial charge in [0, 0.05) is 19.2 Å². The lowest BCUT2D eigenvalue weighted by atomic mass is 10.3. The molecule has 0 aromatic heterocycles. The van der Waals surface area contributed by atoms with Crippen LogP contribution in [-0.2, 0) is 9.53 Å². The number of cyclic esters (lactones) is 1. The molecule has 2 rings (SSSR count). The Morgan fingerprint density at radius 3 is 2.90 bits per heavy atom. The Morgan fingerprint density at radius 2 is 2.24 bits per heavy atom. The van der Waals surface area contributed by atoms with E-state index in [1.165, 1.54) is 4.90 Å². The zero-order valence-corrected chi connectivity index (χ0v) is 11.1. The van der Waals surface area contributed by atoms with Gasteiger partial charge in [-0.2, -0.15) is 0 Å². The fourth-order valence-electron chi connectivity index (χ4n) is 1.75. The van der Waals surface area contributed by atoms with Crippen molar-refractivity contribution < 1.29 is 27.8 Å². The number of ether oxygens (including phenoxy) is 2. The van der Waals surface area contributed by atoms with Crippen LogP contribution < -0.4 is 10.1 Å². The Labute approximate surface area is 119 Å². The Kier molecular flexibility index (Phi) is 4.91. The lowest BCUT2D eigenvalue weighted by molar-refractivity contribution is -0.123. The normalized spacial score (nSPS) is 14.0. The molecule has 1 fully saturated rings. The Balaban J connectivity index is 1.68. The summed E-state index contributed by atoms with van der Waals surface area (Å²) in [4.78, 5) is 24.1. The summed E-state index contributed by atoms with van der Waals surface area (Å²) in [6.45, 7) is 1.01. The first-order valence-electron chi connectivity index (χ1n) is 6.32. The second-order valence-electron chi connectivity index (χ2n) is 4.31. The van der Waals surface area contributed by atoms with Crippen LogP contribution in [0.5, 0.6) is 5.75 Å². The molecule has 1 aromatic rings. The first-order valence-corrected chi connectivity index (χ1v) is 6.32. The highest BCUT2D eigenvalue weighted by Crippen LogP contribution is 2.17. The van der Waals surface area contributed by atoms with Crippen molar-refractivity contribution in [2.75, 3.05) is 32.8 Å². The molecule has 0 radical (unpaired) electrons. The number of nitrogens with one attached hydrogen (secondary N) is 1. The molecule has 0 saturated carbocycles. The van der Waals surface area contributed by atoms with Gasteiger partial charge >= 0.3 is 6.09 Å². The molecule has 6 nitrogen and oxygen atoms in total. The van der Waals surface area contributed by atoms with Crippen LogP contribution in [0, 0.1) is 11.6 Å². The monoisotopic (exact) mass is 300 g/mol. The zero-order chi connectivity index (χ0) is 15.2. The quantitative estimate of drug-likeness (QED) is 0.848. The summed E-state index contributed by atoms with van der Waals surface area (Å²) in [6, 6.07) is 2.82. The van der Waals surface area contributed by atoms with Crippen LogP contribution in [0.25, 0.3) is 0 Å². The largest absolute Gasteiger partial charge is 0.481 e. The summed E-state index contributed by atoms with van der Waals surface area (Å²) in [5.41, 5.74) is 0. The Hall–Kier alpha value is -2.38. The second-order valence-corrected chi connectivity index (χ2v) is 4.31. The van der Waals surface area contributed by atoms with Gasteiger partial charge in [0.2, 0.25) is 0 Å². The van der Waals surface area contributed by atoms with Gasteiger partial charge in [0.25, 0.3) is 5.91 Å². The summed E-state index contributed by atoms with van der Waals surface area (Å²) in [5.74, 6) is -2.26. The second kappa shape index (κ2) is 6.87. The van der Waals surface area contributed by atoms with Crippen molar-refractivity contribution in [3.63, 3.8) is 0 Å². The SMILES string of the molecule is O=C(COc1ccc(F)cc1F)NCCN1CCOC1=O. The van der Waals surface area contributed by atoms with Gasteiger partial charge in [-0.3, -0.25) is 4.79 Å². The van der Waals surface area contributed by atoms with Gasteiger partial charge in [-0.25, -0.2) is 13.6 Å². The third-order valence-corrected chi connectivity index (χ3v) is 2.80. The summed E-state index contributed by atoms with van der Waals surface area (Å²) in [6.07, 6.45) is -0.408.